The quantitative estimate of drug-likeness (QED) is 0.574. The van der Waals surface area contributed by atoms with Gasteiger partial charge in [-0.15, -0.1) is 0 Å². The first-order valence-electron chi connectivity index (χ1n) is 9.86. The maximum Gasteiger partial charge on any atom is 0.309 e. The summed E-state index contributed by atoms with van der Waals surface area (Å²) in [5.74, 6) is -0.620. The van der Waals surface area contributed by atoms with Gasteiger partial charge in [0.2, 0.25) is 11.8 Å². The number of anilines is 1. The highest BCUT2D eigenvalue weighted by atomic mass is 16.5. The molecule has 1 saturated carbocycles. The van der Waals surface area contributed by atoms with Crippen LogP contribution in [0.3, 0.4) is 0 Å². The zero-order chi connectivity index (χ0) is 20.1. The molecule has 2 amide bonds. The third-order valence-electron chi connectivity index (χ3n) is 5.22. The van der Waals surface area contributed by atoms with Crippen molar-refractivity contribution in [2.45, 2.75) is 39.0 Å². The molecule has 0 radical (unpaired) electrons. The minimum Gasteiger partial charge on any atom is -0.457 e. The third kappa shape index (κ3) is 5.18. The fourth-order valence-electron chi connectivity index (χ4n) is 3.25. The lowest BCUT2D eigenvalue weighted by Crippen LogP contribution is -2.41. The molecule has 0 bridgehead atoms. The number of carbonyl (C=O) groups excluding carboxylic acids is 4. The van der Waals surface area contributed by atoms with Gasteiger partial charge in [-0.05, 0) is 49.9 Å². The molecule has 1 N–H and O–H groups in total. The smallest absolute Gasteiger partial charge is 0.309 e. The predicted octanol–water partition coefficient (Wildman–Crippen LogP) is 2.41. The summed E-state index contributed by atoms with van der Waals surface area (Å²) in [5.41, 5.74) is 1.04. The molecule has 0 aromatic heterocycles. The van der Waals surface area contributed by atoms with Crippen LogP contribution in [-0.4, -0.2) is 48.2 Å². The van der Waals surface area contributed by atoms with Gasteiger partial charge in [-0.1, -0.05) is 6.92 Å². The third-order valence-corrected chi connectivity index (χ3v) is 5.22. The highest BCUT2D eigenvalue weighted by Gasteiger charge is 2.36. The molecule has 1 aliphatic carbocycles. The molecule has 7 nitrogen and oxygen atoms in total. The van der Waals surface area contributed by atoms with E-state index in [9.17, 15) is 19.2 Å². The number of carbonyl (C=O) groups is 4. The van der Waals surface area contributed by atoms with Crippen LogP contribution in [0.4, 0.5) is 5.69 Å². The first kappa shape index (κ1) is 20.0. The molecule has 2 fully saturated rings. The van der Waals surface area contributed by atoms with Crippen LogP contribution in [0.2, 0.25) is 0 Å². The summed E-state index contributed by atoms with van der Waals surface area (Å²) in [6, 6.07) is 6.50. The van der Waals surface area contributed by atoms with Crippen molar-refractivity contribution in [3.8, 4) is 0 Å². The number of amides is 2. The number of nitrogens with one attached hydrogen (secondary N) is 1. The standard InChI is InChI=1S/C21H26N2O5/c1-2-19(25)22-17-7-5-14(6-8-17)18(24)13-28-21(27)16-9-11-23(12-10-16)20(26)15-3-4-15/h5-8,15-16H,2-4,9-13H2,1H3,(H,22,25). The average molecular weight is 386 g/mol. The van der Waals surface area contributed by atoms with Crippen LogP contribution in [0.25, 0.3) is 0 Å². The number of nitrogens with zero attached hydrogens (tertiary/aromatic N) is 1. The van der Waals surface area contributed by atoms with E-state index < -0.39 is 0 Å². The number of piperidine rings is 1. The van der Waals surface area contributed by atoms with E-state index in [1.807, 2.05) is 4.90 Å². The fraction of sp³-hybridized carbons (Fsp3) is 0.524. The van der Waals surface area contributed by atoms with Gasteiger partial charge >= 0.3 is 5.97 Å². The Kier molecular flexibility index (Phi) is 6.44. The van der Waals surface area contributed by atoms with Crippen molar-refractivity contribution in [2.75, 3.05) is 25.0 Å². The molecule has 28 heavy (non-hydrogen) atoms. The van der Waals surface area contributed by atoms with Gasteiger partial charge in [0.15, 0.2) is 12.4 Å². The molecule has 3 rings (SSSR count). The summed E-state index contributed by atoms with van der Waals surface area (Å²) >= 11 is 0. The van der Waals surface area contributed by atoms with E-state index in [0.717, 1.165) is 12.8 Å². The zero-order valence-corrected chi connectivity index (χ0v) is 16.1. The molecule has 1 heterocycles. The van der Waals surface area contributed by atoms with E-state index in [0.29, 0.717) is 43.6 Å². The SMILES string of the molecule is CCC(=O)Nc1ccc(C(=O)COC(=O)C2CCN(C(=O)C3CC3)CC2)cc1. The monoisotopic (exact) mass is 386 g/mol. The van der Waals surface area contributed by atoms with E-state index in [2.05, 4.69) is 5.32 Å². The average Bonchev–Trinajstić information content (AvgIpc) is 3.57. The van der Waals surface area contributed by atoms with Gasteiger partial charge < -0.3 is 15.0 Å². The van der Waals surface area contributed by atoms with E-state index in [1.165, 1.54) is 0 Å². The van der Waals surface area contributed by atoms with Crippen molar-refractivity contribution < 1.29 is 23.9 Å². The highest BCUT2D eigenvalue weighted by molar-refractivity contribution is 5.99. The number of benzene rings is 1. The fourth-order valence-corrected chi connectivity index (χ4v) is 3.25. The molecule has 1 aromatic rings. The first-order chi connectivity index (χ1) is 13.5. The van der Waals surface area contributed by atoms with Gasteiger partial charge in [-0.25, -0.2) is 0 Å². The topological polar surface area (TPSA) is 92.8 Å². The van der Waals surface area contributed by atoms with Gasteiger partial charge in [-0.2, -0.15) is 0 Å². The molecule has 2 aliphatic rings. The second kappa shape index (κ2) is 8.99. The number of rotatable bonds is 7. The number of ketones is 1. The summed E-state index contributed by atoms with van der Waals surface area (Å²) in [7, 11) is 0. The first-order valence-corrected chi connectivity index (χ1v) is 9.86. The lowest BCUT2D eigenvalue weighted by Gasteiger charge is -2.31. The zero-order valence-electron chi connectivity index (χ0n) is 16.1. The van der Waals surface area contributed by atoms with Crippen molar-refractivity contribution in [2.24, 2.45) is 11.8 Å². The largest absolute Gasteiger partial charge is 0.457 e. The normalized spacial score (nSPS) is 17.1. The Labute approximate surface area is 164 Å². The number of ether oxygens (including phenoxy) is 1. The van der Waals surface area contributed by atoms with E-state index in [1.54, 1.807) is 31.2 Å². The van der Waals surface area contributed by atoms with Crippen LogP contribution < -0.4 is 5.32 Å². The number of likely N-dealkylation sites (tertiary alicyclic amines) is 1. The van der Waals surface area contributed by atoms with Gasteiger partial charge in [0.1, 0.15) is 0 Å². The minimum absolute atomic E-state index is 0.0992. The number of Topliss-reactive ketones (excluding diaryl/α,β-unsaturated/α-hetero) is 1. The van der Waals surface area contributed by atoms with Crippen LogP contribution in [0.1, 0.15) is 49.4 Å². The summed E-state index contributed by atoms with van der Waals surface area (Å²) in [4.78, 5) is 49.7. The lowest BCUT2D eigenvalue weighted by molar-refractivity contribution is -0.150. The van der Waals surface area contributed by atoms with E-state index in [-0.39, 0.29) is 42.0 Å². The molecule has 1 saturated heterocycles. The molecule has 0 unspecified atom stereocenters. The van der Waals surface area contributed by atoms with Crippen LogP contribution in [0.5, 0.6) is 0 Å². The Bertz CT molecular complexity index is 747. The van der Waals surface area contributed by atoms with Gasteiger partial charge in [-0.3, -0.25) is 19.2 Å². The van der Waals surface area contributed by atoms with Crippen LogP contribution in [-0.2, 0) is 19.1 Å². The highest BCUT2D eigenvalue weighted by Crippen LogP contribution is 2.32. The van der Waals surface area contributed by atoms with Gasteiger partial charge in [0, 0.05) is 36.7 Å². The Morgan fingerprint density at radius 2 is 1.64 bits per heavy atom. The van der Waals surface area contributed by atoms with Gasteiger partial charge in [0.05, 0.1) is 5.92 Å². The summed E-state index contributed by atoms with van der Waals surface area (Å²) < 4.78 is 5.20. The molecular weight excluding hydrogens is 360 g/mol. The van der Waals surface area contributed by atoms with Crippen molar-refractivity contribution in [3.63, 3.8) is 0 Å². The van der Waals surface area contributed by atoms with Crippen LogP contribution in [0, 0.1) is 11.8 Å². The van der Waals surface area contributed by atoms with Gasteiger partial charge in [0.25, 0.3) is 0 Å². The Morgan fingerprint density at radius 1 is 1.00 bits per heavy atom. The summed E-state index contributed by atoms with van der Waals surface area (Å²) in [6.07, 6.45) is 3.50. The Morgan fingerprint density at radius 3 is 2.21 bits per heavy atom. The molecule has 150 valence electrons. The van der Waals surface area contributed by atoms with E-state index >= 15 is 0 Å². The van der Waals surface area contributed by atoms with Crippen molar-refractivity contribution in [3.05, 3.63) is 29.8 Å². The van der Waals surface area contributed by atoms with Crippen molar-refractivity contribution in [1.29, 1.82) is 0 Å². The maximum atomic E-state index is 12.2. The summed E-state index contributed by atoms with van der Waals surface area (Å²) in [6.45, 7) is 2.61. The van der Waals surface area contributed by atoms with Crippen molar-refractivity contribution in [1.82, 2.24) is 4.90 Å². The predicted molar refractivity (Wildman–Crippen MR) is 103 cm³/mol. The molecule has 1 aromatic carbocycles. The van der Waals surface area contributed by atoms with Crippen LogP contribution in [0.15, 0.2) is 24.3 Å². The summed E-state index contributed by atoms with van der Waals surface area (Å²) in [5, 5.41) is 2.71. The number of esters is 1. The van der Waals surface area contributed by atoms with E-state index in [4.69, 9.17) is 4.74 Å². The minimum atomic E-state index is -0.376. The second-order valence-corrected chi connectivity index (χ2v) is 7.38. The molecule has 1 aliphatic heterocycles. The number of hydrogen-bond donors (Lipinski definition) is 1. The number of hydrogen-bond acceptors (Lipinski definition) is 5. The Balaban J connectivity index is 1.42. The molecule has 7 heteroatoms. The second-order valence-electron chi connectivity index (χ2n) is 7.38. The van der Waals surface area contributed by atoms with Crippen molar-refractivity contribution >= 4 is 29.3 Å². The maximum absolute atomic E-state index is 12.2. The lowest BCUT2D eigenvalue weighted by atomic mass is 9.96. The molecule has 0 atom stereocenters. The molecular formula is C21H26N2O5. The Hall–Kier alpha value is -2.70. The molecule has 0 spiro atoms. The van der Waals surface area contributed by atoms with Crippen LogP contribution >= 0.6 is 0 Å².